The van der Waals surface area contributed by atoms with E-state index in [4.69, 9.17) is 16.3 Å². The molecule has 0 aliphatic heterocycles. The summed E-state index contributed by atoms with van der Waals surface area (Å²) in [5.41, 5.74) is 3.37. The maximum atomic E-state index is 9.32. The first kappa shape index (κ1) is 16.8. The summed E-state index contributed by atoms with van der Waals surface area (Å²) in [5.74, 6) is 0.811. The summed E-state index contributed by atoms with van der Waals surface area (Å²) in [6.45, 7) is 5.49. The second-order valence-corrected chi connectivity index (χ2v) is 5.88. The highest BCUT2D eigenvalue weighted by Crippen LogP contribution is 2.24. The summed E-state index contributed by atoms with van der Waals surface area (Å²) in [4.78, 5) is 0. The quantitative estimate of drug-likeness (QED) is 0.817. The molecule has 4 heteroatoms. The molecule has 0 aliphatic rings. The highest BCUT2D eigenvalue weighted by atomic mass is 35.5. The maximum Gasteiger partial charge on any atom is 0.124 e. The van der Waals surface area contributed by atoms with Crippen molar-refractivity contribution >= 4 is 11.6 Å². The predicted octanol–water partition coefficient (Wildman–Crippen LogP) is 3.70. The van der Waals surface area contributed by atoms with E-state index in [1.165, 1.54) is 11.1 Å². The molecule has 2 aromatic rings. The van der Waals surface area contributed by atoms with Crippen LogP contribution in [-0.4, -0.2) is 17.8 Å². The second-order valence-electron chi connectivity index (χ2n) is 5.45. The average molecular weight is 320 g/mol. The lowest BCUT2D eigenvalue weighted by molar-refractivity contribution is 0.190. The van der Waals surface area contributed by atoms with Crippen molar-refractivity contribution in [2.75, 3.05) is 6.54 Å². The molecule has 2 N–H and O–H groups in total. The predicted molar refractivity (Wildman–Crippen MR) is 90.4 cm³/mol. The van der Waals surface area contributed by atoms with Crippen molar-refractivity contribution in [2.24, 2.45) is 0 Å². The highest BCUT2D eigenvalue weighted by molar-refractivity contribution is 6.30. The number of hydrogen-bond donors (Lipinski definition) is 2. The van der Waals surface area contributed by atoms with E-state index in [1.54, 1.807) is 6.92 Å². The van der Waals surface area contributed by atoms with Gasteiger partial charge < -0.3 is 15.2 Å². The van der Waals surface area contributed by atoms with Crippen LogP contribution in [0, 0.1) is 6.92 Å². The van der Waals surface area contributed by atoms with Gasteiger partial charge in [0.05, 0.1) is 6.10 Å². The fourth-order valence-electron chi connectivity index (χ4n) is 2.17. The van der Waals surface area contributed by atoms with E-state index < -0.39 is 0 Å². The van der Waals surface area contributed by atoms with E-state index in [0.717, 1.165) is 11.3 Å². The first-order valence-electron chi connectivity index (χ1n) is 7.41. The van der Waals surface area contributed by atoms with E-state index >= 15 is 0 Å². The van der Waals surface area contributed by atoms with E-state index in [-0.39, 0.29) is 6.10 Å². The molecule has 0 radical (unpaired) electrons. The smallest absolute Gasteiger partial charge is 0.124 e. The van der Waals surface area contributed by atoms with Crippen LogP contribution in [0.25, 0.3) is 0 Å². The van der Waals surface area contributed by atoms with Gasteiger partial charge in [0.25, 0.3) is 0 Å². The van der Waals surface area contributed by atoms with Gasteiger partial charge in [-0.2, -0.15) is 0 Å². The van der Waals surface area contributed by atoms with Gasteiger partial charge in [-0.1, -0.05) is 35.9 Å². The van der Waals surface area contributed by atoms with Gasteiger partial charge in [-0.05, 0) is 43.2 Å². The number of rotatable bonds is 7. The Morgan fingerprint density at radius 1 is 1.18 bits per heavy atom. The molecule has 1 atom stereocenters. The molecule has 2 rings (SSSR count). The average Bonchev–Trinajstić information content (AvgIpc) is 2.47. The molecule has 0 fully saturated rings. The Hall–Kier alpha value is -1.55. The van der Waals surface area contributed by atoms with Crippen LogP contribution in [0.2, 0.25) is 5.02 Å². The van der Waals surface area contributed by atoms with Gasteiger partial charge in [0, 0.05) is 23.7 Å². The van der Waals surface area contributed by atoms with E-state index in [2.05, 4.69) is 24.4 Å². The maximum absolute atomic E-state index is 9.32. The summed E-state index contributed by atoms with van der Waals surface area (Å²) in [7, 11) is 0. The molecular weight excluding hydrogens is 298 g/mol. The van der Waals surface area contributed by atoms with Gasteiger partial charge in [-0.3, -0.25) is 0 Å². The number of aryl methyl sites for hydroxylation is 1. The summed E-state index contributed by atoms with van der Waals surface area (Å²) >= 11 is 6.07. The molecule has 0 heterocycles. The van der Waals surface area contributed by atoms with Gasteiger partial charge in [0.1, 0.15) is 12.4 Å². The fourth-order valence-corrected chi connectivity index (χ4v) is 2.36. The Morgan fingerprint density at radius 2 is 1.95 bits per heavy atom. The minimum absolute atomic E-state index is 0.379. The molecule has 2 aromatic carbocycles. The molecule has 0 bridgehead atoms. The number of benzene rings is 2. The Kier molecular flexibility index (Phi) is 6.25. The van der Waals surface area contributed by atoms with Gasteiger partial charge >= 0.3 is 0 Å². The number of ether oxygens (including phenoxy) is 1. The van der Waals surface area contributed by atoms with Crippen LogP contribution in [0.4, 0.5) is 0 Å². The molecule has 0 saturated carbocycles. The topological polar surface area (TPSA) is 41.5 Å². The minimum atomic E-state index is -0.379. The largest absolute Gasteiger partial charge is 0.489 e. The van der Waals surface area contributed by atoms with Crippen LogP contribution in [-0.2, 0) is 13.2 Å². The molecule has 118 valence electrons. The van der Waals surface area contributed by atoms with E-state index in [1.807, 2.05) is 30.3 Å². The van der Waals surface area contributed by atoms with Crippen LogP contribution in [0.3, 0.4) is 0 Å². The first-order valence-corrected chi connectivity index (χ1v) is 7.78. The third kappa shape index (κ3) is 5.02. The lowest BCUT2D eigenvalue weighted by Crippen LogP contribution is -2.24. The number of hydrogen-bond acceptors (Lipinski definition) is 3. The van der Waals surface area contributed by atoms with Crippen molar-refractivity contribution in [1.82, 2.24) is 5.32 Å². The van der Waals surface area contributed by atoms with Gasteiger partial charge in [0.15, 0.2) is 0 Å². The summed E-state index contributed by atoms with van der Waals surface area (Å²) in [5, 5.41) is 13.2. The Bertz CT molecular complexity index is 614. The molecule has 0 saturated heterocycles. The normalized spacial score (nSPS) is 12.2. The third-order valence-corrected chi connectivity index (χ3v) is 3.66. The third-order valence-electron chi connectivity index (χ3n) is 3.42. The van der Waals surface area contributed by atoms with Crippen LogP contribution in [0.15, 0.2) is 42.5 Å². The fraction of sp³-hybridized carbons (Fsp3) is 0.333. The van der Waals surface area contributed by atoms with Gasteiger partial charge in [-0.15, -0.1) is 0 Å². The number of aliphatic hydroxyl groups is 1. The highest BCUT2D eigenvalue weighted by Gasteiger charge is 2.07. The zero-order chi connectivity index (χ0) is 15.9. The lowest BCUT2D eigenvalue weighted by atomic mass is 10.1. The van der Waals surface area contributed by atoms with Crippen LogP contribution < -0.4 is 10.1 Å². The molecule has 0 aliphatic carbocycles. The molecule has 22 heavy (non-hydrogen) atoms. The van der Waals surface area contributed by atoms with Crippen LogP contribution >= 0.6 is 11.6 Å². The molecule has 3 nitrogen and oxygen atoms in total. The standard InChI is InChI=1S/C18H22ClNO2/c1-13-5-3-4-6-15(13)12-22-18-8-7-17(19)9-16(18)11-20-10-14(2)21/h3-9,14,20-21H,10-12H2,1-2H3/t14-/m1/s1. The lowest BCUT2D eigenvalue weighted by Gasteiger charge is -2.14. The van der Waals surface area contributed by atoms with Crippen molar-refractivity contribution < 1.29 is 9.84 Å². The molecular formula is C18H22ClNO2. The van der Waals surface area contributed by atoms with Crippen molar-refractivity contribution in [3.63, 3.8) is 0 Å². The molecule has 0 aromatic heterocycles. The van der Waals surface area contributed by atoms with E-state index in [9.17, 15) is 5.11 Å². The zero-order valence-electron chi connectivity index (χ0n) is 13.0. The van der Waals surface area contributed by atoms with Gasteiger partial charge in [0.2, 0.25) is 0 Å². The SMILES string of the molecule is Cc1ccccc1COc1ccc(Cl)cc1CNC[C@@H](C)O. The molecule has 0 unspecified atom stereocenters. The van der Waals surface area contributed by atoms with E-state index in [0.29, 0.717) is 24.7 Å². The number of nitrogens with one attached hydrogen (secondary N) is 1. The zero-order valence-corrected chi connectivity index (χ0v) is 13.7. The van der Waals surface area contributed by atoms with Crippen LogP contribution in [0.5, 0.6) is 5.75 Å². The van der Waals surface area contributed by atoms with Crippen molar-refractivity contribution in [1.29, 1.82) is 0 Å². The summed E-state index contributed by atoms with van der Waals surface area (Å²) in [6.07, 6.45) is -0.379. The summed E-state index contributed by atoms with van der Waals surface area (Å²) < 4.78 is 5.96. The Balaban J connectivity index is 2.05. The Morgan fingerprint density at radius 3 is 2.68 bits per heavy atom. The second kappa shape index (κ2) is 8.18. The summed E-state index contributed by atoms with van der Waals surface area (Å²) in [6, 6.07) is 13.8. The van der Waals surface area contributed by atoms with Crippen molar-refractivity contribution in [2.45, 2.75) is 33.1 Å². The first-order chi connectivity index (χ1) is 10.6. The van der Waals surface area contributed by atoms with Crippen molar-refractivity contribution in [3.8, 4) is 5.75 Å². The molecule has 0 spiro atoms. The number of aliphatic hydroxyl groups excluding tert-OH is 1. The molecule has 0 amide bonds. The Labute approximate surface area is 136 Å². The van der Waals surface area contributed by atoms with Crippen LogP contribution in [0.1, 0.15) is 23.6 Å². The van der Waals surface area contributed by atoms with Crippen molar-refractivity contribution in [3.05, 3.63) is 64.2 Å². The van der Waals surface area contributed by atoms with Gasteiger partial charge in [-0.25, -0.2) is 0 Å². The monoisotopic (exact) mass is 319 g/mol. The minimum Gasteiger partial charge on any atom is -0.489 e. The number of halogens is 1.